The van der Waals surface area contributed by atoms with Crippen LogP contribution in [-0.2, 0) is 0 Å². The molecule has 16 saturated carbocycles. The van der Waals surface area contributed by atoms with Gasteiger partial charge >= 0.3 is 0 Å². The Kier molecular flexibility index (Phi) is 4.34. The van der Waals surface area contributed by atoms with Crippen molar-refractivity contribution in [3.63, 3.8) is 0 Å². The van der Waals surface area contributed by atoms with E-state index in [-0.39, 0.29) is 0 Å². The van der Waals surface area contributed by atoms with Gasteiger partial charge in [-0.3, -0.25) is 0 Å². The van der Waals surface area contributed by atoms with Gasteiger partial charge in [0.2, 0.25) is 0 Å². The first-order chi connectivity index (χ1) is 20.3. The fraction of sp³-hybridized carbons (Fsp3) is 0.952. The van der Waals surface area contributed by atoms with Crippen molar-refractivity contribution in [2.75, 3.05) is 0 Å². The molecular weight excluding hydrogens is 504 g/mol. The molecule has 16 fully saturated rings. The van der Waals surface area contributed by atoms with E-state index in [1.807, 2.05) is 0 Å². The van der Waals surface area contributed by atoms with E-state index in [1.165, 1.54) is 12.8 Å². The highest BCUT2D eigenvalue weighted by Gasteiger charge is 2.76. The van der Waals surface area contributed by atoms with E-state index in [2.05, 4.69) is 12.7 Å². The zero-order valence-corrected chi connectivity index (χ0v) is 27.0. The molecular formula is C42H60. The number of rotatable bonds is 4. The van der Waals surface area contributed by atoms with Crippen molar-refractivity contribution in [2.45, 2.75) is 154 Å². The maximum Gasteiger partial charge on any atom is -0.0110 e. The molecule has 0 amide bonds. The van der Waals surface area contributed by atoms with E-state index in [0.29, 0.717) is 10.8 Å². The first-order valence-electron chi connectivity index (χ1n) is 19.9. The van der Waals surface area contributed by atoms with Crippen LogP contribution in [0.15, 0.2) is 12.7 Å². The molecule has 16 rings (SSSR count). The summed E-state index contributed by atoms with van der Waals surface area (Å²) in [5, 5.41) is 0. The molecule has 0 heteroatoms. The highest BCUT2D eigenvalue weighted by atomic mass is 14.8. The molecule has 6 atom stereocenters. The summed E-state index contributed by atoms with van der Waals surface area (Å²) in [6, 6.07) is 0. The number of hydrogen-bond donors (Lipinski definition) is 0. The predicted molar refractivity (Wildman–Crippen MR) is 169 cm³/mol. The van der Waals surface area contributed by atoms with Gasteiger partial charge in [0.1, 0.15) is 0 Å². The Bertz CT molecular complexity index is 1170. The van der Waals surface area contributed by atoms with Gasteiger partial charge in [0.05, 0.1) is 0 Å². The van der Waals surface area contributed by atoms with Crippen molar-refractivity contribution in [2.24, 2.45) is 91.2 Å². The van der Waals surface area contributed by atoms with Crippen molar-refractivity contribution in [1.82, 2.24) is 0 Å². The lowest BCUT2D eigenvalue weighted by atomic mass is 9.25. The molecule has 0 nitrogen and oxygen atoms in total. The molecule has 0 aromatic heterocycles. The Hall–Kier alpha value is -0.260. The minimum Gasteiger partial charge on any atom is -0.103 e. The van der Waals surface area contributed by atoms with Crippen LogP contribution in [0.25, 0.3) is 0 Å². The second-order valence-corrected chi connectivity index (χ2v) is 22.0. The Morgan fingerprint density at radius 1 is 0.310 bits per heavy atom. The fourth-order valence-corrected chi connectivity index (χ4v) is 21.0. The monoisotopic (exact) mass is 564 g/mol. The van der Waals surface area contributed by atoms with Gasteiger partial charge in [-0.2, -0.15) is 0 Å². The third kappa shape index (κ3) is 2.77. The predicted octanol–water partition coefficient (Wildman–Crippen LogP) is 11.1. The molecule has 16 aliphatic rings. The lowest BCUT2D eigenvalue weighted by Crippen LogP contribution is -2.70. The van der Waals surface area contributed by atoms with Gasteiger partial charge in [0.15, 0.2) is 0 Å². The zero-order chi connectivity index (χ0) is 27.4. The number of allylic oxidation sites excluding steroid dienone is 1. The molecule has 0 aliphatic heterocycles. The van der Waals surface area contributed by atoms with Crippen molar-refractivity contribution >= 4 is 0 Å². The quantitative estimate of drug-likeness (QED) is 0.298. The molecule has 0 aromatic carbocycles. The minimum absolute atomic E-state index is 0.532. The SMILES string of the molecule is C=CC12CC3CC(C1)CC(C14CC5CC(C1)CC(C16CC7CC(CC(C89CC%10CC(CC(C%10)C8)C9)(C7)C1)C6)(C5)C4)(C3)C2. The van der Waals surface area contributed by atoms with Crippen LogP contribution in [0.3, 0.4) is 0 Å². The second-order valence-electron chi connectivity index (χ2n) is 22.0. The van der Waals surface area contributed by atoms with Crippen LogP contribution in [0.4, 0.5) is 0 Å². The van der Waals surface area contributed by atoms with Crippen LogP contribution < -0.4 is 0 Å². The van der Waals surface area contributed by atoms with Gasteiger partial charge in [0.25, 0.3) is 0 Å². The first kappa shape index (κ1) is 24.9. The van der Waals surface area contributed by atoms with E-state index in [4.69, 9.17) is 0 Å². The lowest BCUT2D eigenvalue weighted by molar-refractivity contribution is -0.297. The number of hydrogen-bond acceptors (Lipinski definition) is 0. The molecule has 0 heterocycles. The molecule has 0 N–H and O–H groups in total. The van der Waals surface area contributed by atoms with Crippen LogP contribution >= 0.6 is 0 Å². The summed E-state index contributed by atoms with van der Waals surface area (Å²) in [6.45, 7) is 4.55. The van der Waals surface area contributed by atoms with E-state index in [1.54, 1.807) is 141 Å². The van der Waals surface area contributed by atoms with Crippen LogP contribution in [0.5, 0.6) is 0 Å². The maximum absolute atomic E-state index is 4.55. The third-order valence-corrected chi connectivity index (χ3v) is 20.1. The normalized spacial score (nSPS) is 69.1. The molecule has 16 bridgehead atoms. The van der Waals surface area contributed by atoms with E-state index >= 15 is 0 Å². The Morgan fingerprint density at radius 2 is 0.571 bits per heavy atom. The molecule has 0 saturated heterocycles. The fourth-order valence-electron chi connectivity index (χ4n) is 21.0. The van der Waals surface area contributed by atoms with Crippen molar-refractivity contribution in [3.8, 4) is 0 Å². The van der Waals surface area contributed by atoms with Gasteiger partial charge in [-0.1, -0.05) is 6.08 Å². The third-order valence-electron chi connectivity index (χ3n) is 20.1. The Labute approximate surface area is 257 Å². The van der Waals surface area contributed by atoms with Crippen molar-refractivity contribution in [3.05, 3.63) is 12.7 Å². The molecule has 0 spiro atoms. The van der Waals surface area contributed by atoms with Gasteiger partial charge in [-0.15, -0.1) is 6.58 Å². The molecule has 42 heavy (non-hydrogen) atoms. The molecule has 228 valence electrons. The van der Waals surface area contributed by atoms with Gasteiger partial charge in [-0.05, 0) is 245 Å². The van der Waals surface area contributed by atoms with E-state index < -0.39 is 0 Å². The summed E-state index contributed by atoms with van der Waals surface area (Å²) in [5.74, 6) is 9.94. The Balaban J connectivity index is 0.968. The summed E-state index contributed by atoms with van der Waals surface area (Å²) in [5.41, 5.74) is 5.02. The summed E-state index contributed by atoms with van der Waals surface area (Å²) in [7, 11) is 0. The van der Waals surface area contributed by atoms with Crippen LogP contribution in [0, 0.1) is 91.2 Å². The average Bonchev–Trinajstić information content (AvgIpc) is 2.90. The highest BCUT2D eigenvalue weighted by molar-refractivity contribution is 5.26. The minimum atomic E-state index is 0.532. The first-order valence-corrected chi connectivity index (χ1v) is 19.9. The largest absolute Gasteiger partial charge is 0.103 e. The van der Waals surface area contributed by atoms with Crippen LogP contribution in [0.2, 0.25) is 0 Å². The highest BCUT2D eigenvalue weighted by Crippen LogP contribution is 2.86. The second kappa shape index (κ2) is 7.32. The van der Waals surface area contributed by atoms with Gasteiger partial charge in [-0.25, -0.2) is 0 Å². The molecule has 0 radical (unpaired) electrons. The van der Waals surface area contributed by atoms with Crippen molar-refractivity contribution < 1.29 is 0 Å². The Morgan fingerprint density at radius 3 is 0.929 bits per heavy atom. The maximum atomic E-state index is 4.55. The molecule has 0 aromatic rings. The smallest absolute Gasteiger partial charge is 0.0110 e. The van der Waals surface area contributed by atoms with E-state index in [0.717, 1.165) is 80.3 Å². The summed E-state index contributed by atoms with van der Waals surface area (Å²) < 4.78 is 0. The lowest BCUT2D eigenvalue weighted by Gasteiger charge is -2.79. The van der Waals surface area contributed by atoms with Gasteiger partial charge in [0, 0.05) is 0 Å². The van der Waals surface area contributed by atoms with Gasteiger partial charge < -0.3 is 0 Å². The zero-order valence-electron chi connectivity index (χ0n) is 27.0. The van der Waals surface area contributed by atoms with E-state index in [9.17, 15) is 0 Å². The van der Waals surface area contributed by atoms with Crippen LogP contribution in [0.1, 0.15) is 154 Å². The average molecular weight is 565 g/mol. The summed E-state index contributed by atoms with van der Waals surface area (Å²) in [6.07, 6.45) is 42.2. The standard InChI is InChI=1S/C42H60/c1-2-36-9-30-6-31(10-36)15-38(14-30,24-36)40-18-34-8-35(19-40)23-42(22-34,26-40)41-20-32-7-33(21-41)17-39(16-32,25-41)37-11-27-3-28(12-37)5-29(4-27)13-37/h2,27-35H,1,3-26H2. The van der Waals surface area contributed by atoms with Crippen LogP contribution in [-0.4, -0.2) is 0 Å². The molecule has 6 unspecified atom stereocenters. The topological polar surface area (TPSA) is 0 Å². The summed E-state index contributed by atoms with van der Waals surface area (Å²) in [4.78, 5) is 0. The summed E-state index contributed by atoms with van der Waals surface area (Å²) >= 11 is 0. The molecule has 16 aliphatic carbocycles. The van der Waals surface area contributed by atoms with Crippen molar-refractivity contribution in [1.29, 1.82) is 0 Å².